The number of carbonyl (C=O) groups excluding carboxylic acids is 1. The fraction of sp³-hybridized carbons (Fsp3) is 0.0909. The SMILES string of the molecule is O=C(CSCc1ccc(Cl)c(Cl)c1)Nc1ccc(-c2nc3ccccc3[nH]2)cc1. The van der Waals surface area contributed by atoms with Crippen molar-refractivity contribution in [2.75, 3.05) is 11.1 Å². The molecule has 0 saturated carbocycles. The van der Waals surface area contributed by atoms with Crippen molar-refractivity contribution >= 4 is 57.6 Å². The van der Waals surface area contributed by atoms with E-state index in [-0.39, 0.29) is 5.91 Å². The maximum Gasteiger partial charge on any atom is 0.234 e. The van der Waals surface area contributed by atoms with Gasteiger partial charge in [0.25, 0.3) is 0 Å². The smallest absolute Gasteiger partial charge is 0.234 e. The van der Waals surface area contributed by atoms with Gasteiger partial charge in [-0.15, -0.1) is 11.8 Å². The lowest BCUT2D eigenvalue weighted by Crippen LogP contribution is -2.14. The molecule has 1 aromatic heterocycles. The first-order valence-electron chi connectivity index (χ1n) is 8.95. The van der Waals surface area contributed by atoms with Crippen LogP contribution in [0.25, 0.3) is 22.4 Å². The number of fused-ring (bicyclic) bond motifs is 1. The number of benzene rings is 3. The molecular weight excluding hydrogens is 425 g/mol. The average molecular weight is 442 g/mol. The van der Waals surface area contributed by atoms with Crippen LogP contribution in [0, 0.1) is 0 Å². The molecule has 0 spiro atoms. The lowest BCUT2D eigenvalue weighted by molar-refractivity contribution is -0.113. The number of hydrogen-bond acceptors (Lipinski definition) is 3. The number of nitrogens with one attached hydrogen (secondary N) is 2. The minimum atomic E-state index is -0.0495. The second kappa shape index (κ2) is 8.91. The Morgan fingerprint density at radius 3 is 2.55 bits per heavy atom. The van der Waals surface area contributed by atoms with Gasteiger partial charge in [0.1, 0.15) is 5.82 Å². The lowest BCUT2D eigenvalue weighted by atomic mass is 10.2. The first-order chi connectivity index (χ1) is 14.1. The van der Waals surface area contributed by atoms with Crippen molar-refractivity contribution in [2.45, 2.75) is 5.75 Å². The average Bonchev–Trinajstić information content (AvgIpc) is 3.15. The summed E-state index contributed by atoms with van der Waals surface area (Å²) < 4.78 is 0. The Hall–Kier alpha value is -2.47. The summed E-state index contributed by atoms with van der Waals surface area (Å²) in [5.74, 6) is 1.80. The van der Waals surface area contributed by atoms with Gasteiger partial charge in [-0.25, -0.2) is 4.98 Å². The second-order valence-electron chi connectivity index (χ2n) is 6.47. The number of H-pyrrole nitrogens is 1. The summed E-state index contributed by atoms with van der Waals surface area (Å²) >= 11 is 13.5. The molecule has 0 unspecified atom stereocenters. The van der Waals surface area contributed by atoms with Gasteiger partial charge in [-0.1, -0.05) is 41.4 Å². The molecular formula is C22H17Cl2N3OS. The van der Waals surface area contributed by atoms with Crippen molar-refractivity contribution in [3.63, 3.8) is 0 Å². The predicted molar refractivity (Wildman–Crippen MR) is 123 cm³/mol. The van der Waals surface area contributed by atoms with E-state index in [0.29, 0.717) is 21.6 Å². The number of amides is 1. The molecule has 0 atom stereocenters. The van der Waals surface area contributed by atoms with Crippen LogP contribution in [-0.4, -0.2) is 21.6 Å². The number of aromatic nitrogens is 2. The Morgan fingerprint density at radius 2 is 1.79 bits per heavy atom. The topological polar surface area (TPSA) is 57.8 Å². The van der Waals surface area contributed by atoms with Gasteiger partial charge in [-0.05, 0) is 54.1 Å². The summed E-state index contributed by atoms with van der Waals surface area (Å²) in [4.78, 5) is 20.1. The molecule has 146 valence electrons. The van der Waals surface area contributed by atoms with Crippen molar-refractivity contribution in [1.82, 2.24) is 9.97 Å². The maximum atomic E-state index is 12.2. The molecule has 0 aliphatic rings. The molecule has 0 radical (unpaired) electrons. The molecule has 3 aromatic carbocycles. The van der Waals surface area contributed by atoms with Gasteiger partial charge in [-0.2, -0.15) is 0 Å². The zero-order valence-corrected chi connectivity index (χ0v) is 17.6. The van der Waals surface area contributed by atoms with E-state index in [0.717, 1.165) is 33.7 Å². The zero-order chi connectivity index (χ0) is 20.2. The molecule has 1 heterocycles. The first kappa shape index (κ1) is 19.8. The van der Waals surface area contributed by atoms with E-state index in [1.165, 1.54) is 11.8 Å². The summed E-state index contributed by atoms with van der Waals surface area (Å²) in [5.41, 5.74) is 4.68. The highest BCUT2D eigenvalue weighted by atomic mass is 35.5. The maximum absolute atomic E-state index is 12.2. The molecule has 0 aliphatic heterocycles. The Balaban J connectivity index is 1.32. The van der Waals surface area contributed by atoms with E-state index in [1.807, 2.05) is 60.7 Å². The number of anilines is 1. The van der Waals surface area contributed by atoms with Gasteiger partial charge >= 0.3 is 0 Å². The Kier molecular flexibility index (Phi) is 6.09. The summed E-state index contributed by atoms with van der Waals surface area (Å²) in [6.07, 6.45) is 0. The Bertz CT molecular complexity index is 1130. The lowest BCUT2D eigenvalue weighted by Gasteiger charge is -2.07. The Morgan fingerprint density at radius 1 is 1.00 bits per heavy atom. The van der Waals surface area contributed by atoms with E-state index >= 15 is 0 Å². The number of rotatable bonds is 6. The van der Waals surface area contributed by atoms with Crippen molar-refractivity contribution in [3.8, 4) is 11.4 Å². The molecule has 4 rings (SSSR count). The molecule has 29 heavy (non-hydrogen) atoms. The van der Waals surface area contributed by atoms with Crippen LogP contribution in [0.5, 0.6) is 0 Å². The van der Waals surface area contributed by atoms with Crippen molar-refractivity contribution in [3.05, 3.63) is 82.3 Å². The molecule has 4 nitrogen and oxygen atoms in total. The van der Waals surface area contributed by atoms with Crippen LogP contribution < -0.4 is 5.32 Å². The monoisotopic (exact) mass is 441 g/mol. The second-order valence-corrected chi connectivity index (χ2v) is 8.27. The number of thioether (sulfide) groups is 1. The third-order valence-corrected chi connectivity index (χ3v) is 6.06. The summed E-state index contributed by atoms with van der Waals surface area (Å²) in [7, 11) is 0. The molecule has 7 heteroatoms. The van der Waals surface area contributed by atoms with Gasteiger partial charge in [0.05, 0.1) is 26.8 Å². The number of nitrogens with zero attached hydrogens (tertiary/aromatic N) is 1. The van der Waals surface area contributed by atoms with Crippen LogP contribution in [0.4, 0.5) is 5.69 Å². The van der Waals surface area contributed by atoms with E-state index in [1.54, 1.807) is 6.07 Å². The van der Waals surface area contributed by atoms with Crippen molar-refractivity contribution in [2.24, 2.45) is 0 Å². The molecule has 2 N–H and O–H groups in total. The highest BCUT2D eigenvalue weighted by Gasteiger charge is 2.07. The van der Waals surface area contributed by atoms with E-state index < -0.39 is 0 Å². The van der Waals surface area contributed by atoms with Gasteiger partial charge in [0.2, 0.25) is 5.91 Å². The predicted octanol–water partition coefficient (Wildman–Crippen LogP) is 6.41. The van der Waals surface area contributed by atoms with Crippen LogP contribution in [0.2, 0.25) is 10.0 Å². The molecule has 0 aliphatic carbocycles. The third-order valence-electron chi connectivity index (χ3n) is 4.32. The van der Waals surface area contributed by atoms with Gasteiger partial charge < -0.3 is 10.3 Å². The van der Waals surface area contributed by atoms with Gasteiger partial charge in [-0.3, -0.25) is 4.79 Å². The van der Waals surface area contributed by atoms with Crippen molar-refractivity contribution in [1.29, 1.82) is 0 Å². The number of halogens is 2. The van der Waals surface area contributed by atoms with Crippen LogP contribution in [0.15, 0.2) is 66.7 Å². The summed E-state index contributed by atoms with van der Waals surface area (Å²) in [6.45, 7) is 0. The van der Waals surface area contributed by atoms with Crippen LogP contribution >= 0.6 is 35.0 Å². The van der Waals surface area contributed by atoms with Crippen LogP contribution in [0.1, 0.15) is 5.56 Å². The zero-order valence-electron chi connectivity index (χ0n) is 15.3. The molecule has 0 saturated heterocycles. The van der Waals surface area contributed by atoms with Crippen LogP contribution in [-0.2, 0) is 10.5 Å². The fourth-order valence-corrected chi connectivity index (χ4v) is 3.98. The largest absolute Gasteiger partial charge is 0.338 e. The summed E-state index contributed by atoms with van der Waals surface area (Å²) in [6, 6.07) is 21.1. The molecule has 4 aromatic rings. The van der Waals surface area contributed by atoms with Crippen molar-refractivity contribution < 1.29 is 4.79 Å². The first-order valence-corrected chi connectivity index (χ1v) is 10.9. The van der Waals surface area contributed by atoms with Crippen LogP contribution in [0.3, 0.4) is 0 Å². The molecule has 0 bridgehead atoms. The number of imidazole rings is 1. The minimum Gasteiger partial charge on any atom is -0.338 e. The highest BCUT2D eigenvalue weighted by Crippen LogP contribution is 2.25. The number of carbonyl (C=O) groups is 1. The van der Waals surface area contributed by atoms with Gasteiger partial charge in [0.15, 0.2) is 0 Å². The van der Waals surface area contributed by atoms with E-state index in [9.17, 15) is 4.79 Å². The number of hydrogen-bond donors (Lipinski definition) is 2. The number of aromatic amines is 1. The number of para-hydroxylation sites is 2. The standard InChI is InChI=1S/C22H17Cl2N3OS/c23-17-10-5-14(11-18(17)24)12-29-13-21(28)25-16-8-6-15(7-9-16)22-26-19-3-1-2-4-20(19)27-22/h1-11H,12-13H2,(H,25,28)(H,26,27). The summed E-state index contributed by atoms with van der Waals surface area (Å²) in [5, 5.41) is 3.97. The highest BCUT2D eigenvalue weighted by molar-refractivity contribution is 7.99. The van der Waals surface area contributed by atoms with Gasteiger partial charge in [0, 0.05) is 17.0 Å². The van der Waals surface area contributed by atoms with E-state index in [2.05, 4.69) is 15.3 Å². The minimum absolute atomic E-state index is 0.0495. The quantitative estimate of drug-likeness (QED) is 0.363. The third kappa shape index (κ3) is 4.93. The fourth-order valence-electron chi connectivity index (χ4n) is 2.89. The van der Waals surface area contributed by atoms with E-state index in [4.69, 9.17) is 23.2 Å². The molecule has 1 amide bonds. The Labute approximate surface area is 182 Å². The normalized spacial score (nSPS) is 11.0. The molecule has 0 fully saturated rings.